The molecule has 1 aromatic rings. The van der Waals surface area contributed by atoms with Gasteiger partial charge in [0.1, 0.15) is 17.9 Å². The van der Waals surface area contributed by atoms with Crippen molar-refractivity contribution in [3.63, 3.8) is 0 Å². The fourth-order valence-electron chi connectivity index (χ4n) is 1.22. The number of carbonyl (C=O) groups is 1. The van der Waals surface area contributed by atoms with Crippen molar-refractivity contribution in [1.29, 1.82) is 0 Å². The lowest BCUT2D eigenvalue weighted by Gasteiger charge is -2.10. The van der Waals surface area contributed by atoms with Crippen molar-refractivity contribution in [2.45, 2.75) is 11.1 Å². The SMILES string of the molecule is COC(=O)c1cc(S(=O)(=O)NCC(F)(F)F)ccc1O. The Morgan fingerprint density at radius 3 is 2.50 bits per heavy atom. The van der Waals surface area contributed by atoms with Gasteiger partial charge in [-0.05, 0) is 18.2 Å². The number of sulfonamides is 1. The molecule has 0 unspecified atom stereocenters. The molecular formula is C10H10F3NO5S. The first-order valence-electron chi connectivity index (χ1n) is 5.04. The van der Waals surface area contributed by atoms with Crippen LogP contribution in [0.25, 0.3) is 0 Å². The highest BCUT2D eigenvalue weighted by Crippen LogP contribution is 2.22. The minimum absolute atomic E-state index is 0.470. The minimum Gasteiger partial charge on any atom is -0.507 e. The summed E-state index contributed by atoms with van der Waals surface area (Å²) in [6, 6.07) is 2.45. The van der Waals surface area contributed by atoms with E-state index in [1.54, 1.807) is 0 Å². The summed E-state index contributed by atoms with van der Waals surface area (Å²) in [6.07, 6.45) is -4.71. The van der Waals surface area contributed by atoms with Crippen LogP contribution in [0.4, 0.5) is 13.2 Å². The third-order valence-corrected chi connectivity index (χ3v) is 3.55. The van der Waals surface area contributed by atoms with Crippen LogP contribution in [0.2, 0.25) is 0 Å². The van der Waals surface area contributed by atoms with Gasteiger partial charge in [0, 0.05) is 0 Å². The summed E-state index contributed by atoms with van der Waals surface area (Å²) in [6.45, 7) is -1.75. The lowest BCUT2D eigenvalue weighted by Crippen LogP contribution is -2.33. The van der Waals surface area contributed by atoms with Gasteiger partial charge in [-0.1, -0.05) is 0 Å². The van der Waals surface area contributed by atoms with Gasteiger partial charge in [-0.2, -0.15) is 13.2 Å². The van der Waals surface area contributed by atoms with Crippen LogP contribution < -0.4 is 4.72 Å². The topological polar surface area (TPSA) is 92.7 Å². The molecule has 0 spiro atoms. The lowest BCUT2D eigenvalue weighted by molar-refractivity contribution is -0.121. The number of phenolic OH excluding ortho intramolecular Hbond substituents is 1. The van der Waals surface area contributed by atoms with Crippen LogP contribution in [0.1, 0.15) is 10.4 Å². The predicted molar refractivity (Wildman–Crippen MR) is 60.7 cm³/mol. The maximum atomic E-state index is 12.0. The van der Waals surface area contributed by atoms with Gasteiger partial charge in [0.2, 0.25) is 10.0 Å². The number of rotatable bonds is 4. The third kappa shape index (κ3) is 4.10. The Bertz CT molecular complexity index is 612. The van der Waals surface area contributed by atoms with Gasteiger partial charge in [-0.3, -0.25) is 0 Å². The van der Waals surface area contributed by atoms with Gasteiger partial charge in [0.25, 0.3) is 0 Å². The molecule has 0 saturated carbocycles. The van der Waals surface area contributed by atoms with Crippen molar-refractivity contribution in [3.8, 4) is 5.75 Å². The number of phenols is 1. The van der Waals surface area contributed by atoms with Crippen molar-refractivity contribution < 1.29 is 36.2 Å². The number of halogens is 3. The fraction of sp³-hybridized carbons (Fsp3) is 0.300. The number of hydrogen-bond donors (Lipinski definition) is 2. The van der Waals surface area contributed by atoms with Crippen LogP contribution in [0.3, 0.4) is 0 Å². The lowest BCUT2D eigenvalue weighted by atomic mass is 10.2. The number of hydrogen-bond acceptors (Lipinski definition) is 5. The van der Waals surface area contributed by atoms with E-state index in [9.17, 15) is 31.5 Å². The first-order chi connectivity index (χ1) is 9.07. The van der Waals surface area contributed by atoms with Gasteiger partial charge < -0.3 is 9.84 Å². The summed E-state index contributed by atoms with van der Waals surface area (Å²) >= 11 is 0. The largest absolute Gasteiger partial charge is 0.507 e. The molecule has 1 rings (SSSR count). The maximum absolute atomic E-state index is 12.0. The van der Waals surface area contributed by atoms with E-state index in [2.05, 4.69) is 4.74 Å². The summed E-state index contributed by atoms with van der Waals surface area (Å²) in [7, 11) is -3.46. The van der Waals surface area contributed by atoms with Crippen molar-refractivity contribution in [2.75, 3.05) is 13.7 Å². The van der Waals surface area contributed by atoms with Crippen LogP contribution in [0.15, 0.2) is 23.1 Å². The average molecular weight is 313 g/mol. The zero-order chi connectivity index (χ0) is 15.6. The van der Waals surface area contributed by atoms with Gasteiger partial charge >= 0.3 is 12.1 Å². The first kappa shape index (κ1) is 16.2. The number of carbonyl (C=O) groups excluding carboxylic acids is 1. The number of methoxy groups -OCH3 is 1. The monoisotopic (exact) mass is 313 g/mol. The molecule has 0 atom stereocenters. The zero-order valence-electron chi connectivity index (χ0n) is 10.1. The van der Waals surface area contributed by atoms with E-state index in [1.165, 1.54) is 4.72 Å². The van der Waals surface area contributed by atoms with E-state index >= 15 is 0 Å². The Morgan fingerprint density at radius 2 is 2.00 bits per heavy atom. The molecule has 1 aromatic carbocycles. The molecule has 6 nitrogen and oxygen atoms in total. The van der Waals surface area contributed by atoms with Gasteiger partial charge in [0.15, 0.2) is 0 Å². The van der Waals surface area contributed by atoms with E-state index in [0.717, 1.165) is 25.3 Å². The number of benzene rings is 1. The number of ether oxygens (including phenoxy) is 1. The molecule has 0 amide bonds. The van der Waals surface area contributed by atoms with Crippen LogP contribution in [0.5, 0.6) is 5.75 Å². The molecular weight excluding hydrogens is 303 g/mol. The highest BCUT2D eigenvalue weighted by atomic mass is 32.2. The summed E-state index contributed by atoms with van der Waals surface area (Å²) < 4.78 is 64.8. The third-order valence-electron chi connectivity index (χ3n) is 2.15. The summed E-state index contributed by atoms with van der Waals surface area (Å²) in [4.78, 5) is 10.7. The number of esters is 1. The highest BCUT2D eigenvalue weighted by molar-refractivity contribution is 7.89. The van der Waals surface area contributed by atoms with E-state index in [-0.39, 0.29) is 0 Å². The Hall–Kier alpha value is -1.81. The normalized spacial score (nSPS) is 12.2. The molecule has 0 fully saturated rings. The van der Waals surface area contributed by atoms with Crippen molar-refractivity contribution >= 4 is 16.0 Å². The van der Waals surface area contributed by atoms with Crippen molar-refractivity contribution in [3.05, 3.63) is 23.8 Å². The molecule has 20 heavy (non-hydrogen) atoms. The summed E-state index contributed by atoms with van der Waals surface area (Å²) in [5, 5.41) is 9.37. The Kier molecular flexibility index (Phi) is 4.61. The summed E-state index contributed by atoms with van der Waals surface area (Å²) in [5.74, 6) is -1.57. The molecule has 10 heteroatoms. The zero-order valence-corrected chi connectivity index (χ0v) is 10.9. The second kappa shape index (κ2) is 5.67. The quantitative estimate of drug-likeness (QED) is 0.810. The first-order valence-corrected chi connectivity index (χ1v) is 6.53. The molecule has 0 bridgehead atoms. The van der Waals surface area contributed by atoms with Gasteiger partial charge in [-0.15, -0.1) is 0 Å². The minimum atomic E-state index is -4.71. The molecule has 0 aliphatic rings. The Morgan fingerprint density at radius 1 is 1.40 bits per heavy atom. The predicted octanol–water partition coefficient (Wildman–Crippen LogP) is 1.02. The second-order valence-corrected chi connectivity index (χ2v) is 5.38. The van der Waals surface area contributed by atoms with Gasteiger partial charge in [-0.25, -0.2) is 17.9 Å². The molecule has 2 N–H and O–H groups in total. The van der Waals surface area contributed by atoms with E-state index in [0.29, 0.717) is 0 Å². The van der Waals surface area contributed by atoms with Crippen molar-refractivity contribution in [1.82, 2.24) is 4.72 Å². The summed E-state index contributed by atoms with van der Waals surface area (Å²) in [5.41, 5.74) is -0.470. The number of aromatic hydroxyl groups is 1. The molecule has 0 heterocycles. The van der Waals surface area contributed by atoms with Crippen LogP contribution in [-0.4, -0.2) is 39.3 Å². The Balaban J connectivity index is 3.11. The number of nitrogens with one attached hydrogen (secondary N) is 1. The molecule has 0 aromatic heterocycles. The molecule has 0 radical (unpaired) electrons. The van der Waals surface area contributed by atoms with Crippen LogP contribution >= 0.6 is 0 Å². The van der Waals surface area contributed by atoms with E-state index < -0.39 is 44.9 Å². The van der Waals surface area contributed by atoms with E-state index in [4.69, 9.17) is 0 Å². The van der Waals surface area contributed by atoms with E-state index in [1.807, 2.05) is 0 Å². The second-order valence-electron chi connectivity index (χ2n) is 3.61. The molecule has 0 aliphatic carbocycles. The van der Waals surface area contributed by atoms with Crippen LogP contribution in [-0.2, 0) is 14.8 Å². The van der Waals surface area contributed by atoms with Crippen molar-refractivity contribution in [2.24, 2.45) is 0 Å². The van der Waals surface area contributed by atoms with Crippen LogP contribution in [0, 0.1) is 0 Å². The van der Waals surface area contributed by atoms with Gasteiger partial charge in [0.05, 0.1) is 12.0 Å². The fourth-order valence-corrected chi connectivity index (χ4v) is 2.26. The smallest absolute Gasteiger partial charge is 0.402 e. The Labute approximate surface area is 112 Å². The molecule has 112 valence electrons. The standard InChI is InChI=1S/C10H10F3NO5S/c1-19-9(16)7-4-6(2-3-8(7)15)20(17,18)14-5-10(11,12)13/h2-4,14-15H,5H2,1H3. The average Bonchev–Trinajstić information content (AvgIpc) is 2.35. The number of alkyl halides is 3. The molecule has 0 aliphatic heterocycles. The maximum Gasteiger partial charge on any atom is 0.402 e. The highest BCUT2D eigenvalue weighted by Gasteiger charge is 2.30. The molecule has 0 saturated heterocycles.